The van der Waals surface area contributed by atoms with Crippen molar-refractivity contribution in [1.82, 2.24) is 19.7 Å². The number of aromatic nitrogens is 1. The van der Waals surface area contributed by atoms with Gasteiger partial charge in [-0.15, -0.1) is 24.8 Å². The summed E-state index contributed by atoms with van der Waals surface area (Å²) in [5, 5.41) is 0. The zero-order valence-electron chi connectivity index (χ0n) is 23.7. The van der Waals surface area contributed by atoms with Crippen molar-refractivity contribution in [2.45, 2.75) is 38.1 Å². The Morgan fingerprint density at radius 2 is 1.60 bits per heavy atom. The first-order chi connectivity index (χ1) is 19.5. The Bertz CT molecular complexity index is 1320. The van der Waals surface area contributed by atoms with Crippen LogP contribution in [-0.2, 0) is 22.6 Å². The summed E-state index contributed by atoms with van der Waals surface area (Å²) in [6.45, 7) is 5.93. The normalized spacial score (nSPS) is 21.7. The van der Waals surface area contributed by atoms with E-state index in [1.807, 2.05) is 24.3 Å². The van der Waals surface area contributed by atoms with E-state index < -0.39 is 0 Å². The molecule has 42 heavy (non-hydrogen) atoms. The fraction of sp³-hybridized carbons (Fsp3) is 0.424. The van der Waals surface area contributed by atoms with Gasteiger partial charge in [0.2, 0.25) is 11.8 Å². The second-order valence-electron chi connectivity index (χ2n) is 11.8. The topological polar surface area (TPSA) is 56.8 Å². The fourth-order valence-corrected chi connectivity index (χ4v) is 7.20. The molecule has 2 amide bonds. The number of hydrogen-bond donors (Lipinski definition) is 0. The summed E-state index contributed by atoms with van der Waals surface area (Å²) in [4.78, 5) is 37.7. The van der Waals surface area contributed by atoms with Gasteiger partial charge < -0.3 is 14.7 Å². The molecule has 9 heteroatoms. The van der Waals surface area contributed by atoms with Gasteiger partial charge in [0.1, 0.15) is 0 Å². The molecule has 1 aromatic heterocycles. The van der Waals surface area contributed by atoms with Gasteiger partial charge in [0.15, 0.2) is 0 Å². The molecule has 3 fully saturated rings. The third-order valence-corrected chi connectivity index (χ3v) is 9.82. The maximum atomic E-state index is 13.6. The minimum Gasteiger partial charge on any atom is -0.341 e. The standard InChI is InChI=1S/C33H37BrN4O2.2ClH/c34-29-10-8-25(9-11-29)21-37-18-14-33(32(37)40)12-16-36(17-13-33)22-28-23-38(24-30(28)27-6-2-1-3-7-27)31(39)19-26-5-4-15-35-20-26;;/h1-11,15,20,28,30H,12-14,16-19,21-24H2;2*1H/t28-,30+;;/m0../s1. The van der Waals surface area contributed by atoms with Crippen molar-refractivity contribution in [2.24, 2.45) is 11.3 Å². The molecule has 224 valence electrons. The molecule has 0 N–H and O–H groups in total. The average Bonchev–Trinajstić information content (AvgIpc) is 3.54. The number of benzene rings is 2. The van der Waals surface area contributed by atoms with E-state index >= 15 is 0 Å². The van der Waals surface area contributed by atoms with E-state index in [2.05, 4.69) is 78.1 Å². The number of piperidine rings is 1. The predicted molar refractivity (Wildman–Crippen MR) is 174 cm³/mol. The maximum Gasteiger partial charge on any atom is 0.229 e. The molecule has 0 aliphatic carbocycles. The lowest BCUT2D eigenvalue weighted by atomic mass is 9.76. The van der Waals surface area contributed by atoms with Gasteiger partial charge in [-0.3, -0.25) is 14.6 Å². The SMILES string of the molecule is Cl.Cl.O=C(Cc1cccnc1)N1C[C@H](CN2CCC3(CC2)CCN(Cc2ccc(Br)cc2)C3=O)[C@@H](c2ccccc2)C1. The van der Waals surface area contributed by atoms with Gasteiger partial charge in [0.05, 0.1) is 11.8 Å². The molecule has 4 heterocycles. The molecule has 0 radical (unpaired) electrons. The van der Waals surface area contributed by atoms with Crippen LogP contribution in [0.1, 0.15) is 41.9 Å². The first kappa shape index (κ1) is 32.5. The van der Waals surface area contributed by atoms with Gasteiger partial charge in [-0.1, -0.05) is 64.5 Å². The molecule has 2 atom stereocenters. The smallest absolute Gasteiger partial charge is 0.229 e. The Hall–Kier alpha value is -2.45. The Morgan fingerprint density at radius 1 is 0.881 bits per heavy atom. The second-order valence-corrected chi connectivity index (χ2v) is 12.7. The molecule has 0 bridgehead atoms. The van der Waals surface area contributed by atoms with Crippen LogP contribution in [0.5, 0.6) is 0 Å². The van der Waals surface area contributed by atoms with Crippen LogP contribution in [0, 0.1) is 11.3 Å². The number of halogens is 3. The quantitative estimate of drug-likeness (QED) is 0.310. The maximum absolute atomic E-state index is 13.6. The minimum absolute atomic E-state index is 0. The average molecular weight is 675 g/mol. The highest BCUT2D eigenvalue weighted by atomic mass is 79.9. The number of pyridine rings is 1. The van der Waals surface area contributed by atoms with Crippen molar-refractivity contribution in [3.63, 3.8) is 0 Å². The lowest BCUT2D eigenvalue weighted by Crippen LogP contribution is -2.46. The van der Waals surface area contributed by atoms with Crippen LogP contribution in [0.25, 0.3) is 0 Å². The molecule has 3 aromatic rings. The molecule has 3 saturated heterocycles. The van der Waals surface area contributed by atoms with Gasteiger partial charge in [-0.05, 0) is 73.2 Å². The van der Waals surface area contributed by atoms with E-state index in [4.69, 9.17) is 0 Å². The van der Waals surface area contributed by atoms with Crippen LogP contribution >= 0.6 is 40.7 Å². The van der Waals surface area contributed by atoms with Gasteiger partial charge in [0.25, 0.3) is 0 Å². The summed E-state index contributed by atoms with van der Waals surface area (Å²) >= 11 is 3.50. The Labute approximate surface area is 269 Å². The number of amides is 2. The van der Waals surface area contributed by atoms with Crippen LogP contribution in [0.15, 0.2) is 83.6 Å². The van der Waals surface area contributed by atoms with E-state index in [-0.39, 0.29) is 36.1 Å². The number of carbonyl (C=O) groups is 2. The number of nitrogens with zero attached hydrogens (tertiary/aromatic N) is 4. The van der Waals surface area contributed by atoms with Crippen molar-refractivity contribution in [3.8, 4) is 0 Å². The van der Waals surface area contributed by atoms with Crippen molar-refractivity contribution in [3.05, 3.63) is 100 Å². The van der Waals surface area contributed by atoms with Gasteiger partial charge in [-0.25, -0.2) is 0 Å². The minimum atomic E-state index is -0.202. The Balaban J connectivity index is 0.00000202. The highest BCUT2D eigenvalue weighted by Crippen LogP contribution is 2.43. The molecule has 0 unspecified atom stereocenters. The summed E-state index contributed by atoms with van der Waals surface area (Å²) in [5.74, 6) is 1.22. The van der Waals surface area contributed by atoms with Crippen LogP contribution in [-0.4, -0.2) is 70.8 Å². The molecule has 6 rings (SSSR count). The van der Waals surface area contributed by atoms with Crippen LogP contribution in [0.2, 0.25) is 0 Å². The lowest BCUT2D eigenvalue weighted by molar-refractivity contribution is -0.139. The summed E-state index contributed by atoms with van der Waals surface area (Å²) in [5.41, 5.74) is 3.25. The van der Waals surface area contributed by atoms with Gasteiger partial charge in [-0.2, -0.15) is 0 Å². The van der Waals surface area contributed by atoms with E-state index in [1.54, 1.807) is 12.4 Å². The molecule has 6 nitrogen and oxygen atoms in total. The number of hydrogen-bond acceptors (Lipinski definition) is 4. The zero-order chi connectivity index (χ0) is 27.5. The largest absolute Gasteiger partial charge is 0.341 e. The van der Waals surface area contributed by atoms with E-state index in [0.29, 0.717) is 30.7 Å². The Kier molecular flexibility index (Phi) is 11.1. The predicted octanol–water partition coefficient (Wildman–Crippen LogP) is 5.99. The number of carbonyl (C=O) groups excluding carboxylic acids is 2. The molecule has 3 aliphatic rings. The summed E-state index contributed by atoms with van der Waals surface area (Å²) < 4.78 is 1.06. The molecule has 0 saturated carbocycles. The van der Waals surface area contributed by atoms with Crippen LogP contribution < -0.4 is 0 Å². The van der Waals surface area contributed by atoms with Crippen molar-refractivity contribution < 1.29 is 9.59 Å². The number of likely N-dealkylation sites (tertiary alicyclic amines) is 3. The molecule has 1 spiro atoms. The first-order valence-electron chi connectivity index (χ1n) is 14.5. The number of rotatable bonds is 7. The third kappa shape index (κ3) is 7.19. The monoisotopic (exact) mass is 672 g/mol. The first-order valence-corrected chi connectivity index (χ1v) is 15.3. The van der Waals surface area contributed by atoms with Gasteiger partial charge in [0, 0.05) is 55.5 Å². The van der Waals surface area contributed by atoms with Crippen molar-refractivity contribution >= 4 is 52.6 Å². The van der Waals surface area contributed by atoms with Crippen molar-refractivity contribution in [2.75, 3.05) is 39.3 Å². The zero-order valence-corrected chi connectivity index (χ0v) is 27.0. The molecular weight excluding hydrogens is 635 g/mol. The van der Waals surface area contributed by atoms with Crippen LogP contribution in [0.4, 0.5) is 0 Å². The lowest BCUT2D eigenvalue weighted by Gasteiger charge is -2.39. The summed E-state index contributed by atoms with van der Waals surface area (Å²) in [6.07, 6.45) is 6.74. The molecule has 3 aliphatic heterocycles. The second kappa shape index (κ2) is 14.3. The molecule has 2 aromatic carbocycles. The van der Waals surface area contributed by atoms with E-state index in [0.717, 1.165) is 68.6 Å². The highest BCUT2D eigenvalue weighted by molar-refractivity contribution is 9.10. The highest BCUT2D eigenvalue weighted by Gasteiger charge is 2.48. The van der Waals surface area contributed by atoms with Gasteiger partial charge >= 0.3 is 0 Å². The van der Waals surface area contributed by atoms with Crippen LogP contribution in [0.3, 0.4) is 0 Å². The third-order valence-electron chi connectivity index (χ3n) is 9.29. The van der Waals surface area contributed by atoms with E-state index in [1.165, 1.54) is 11.1 Å². The fourth-order valence-electron chi connectivity index (χ4n) is 6.94. The Morgan fingerprint density at radius 3 is 2.29 bits per heavy atom. The van der Waals surface area contributed by atoms with Crippen molar-refractivity contribution in [1.29, 1.82) is 0 Å². The molecular formula is C33H39BrCl2N4O2. The van der Waals surface area contributed by atoms with E-state index in [9.17, 15) is 9.59 Å². The summed E-state index contributed by atoms with van der Waals surface area (Å²) in [6, 6.07) is 22.8. The summed E-state index contributed by atoms with van der Waals surface area (Å²) in [7, 11) is 0.